The Hall–Kier alpha value is -0.870. The fourth-order valence-electron chi connectivity index (χ4n) is 1.97. The number of hydrogen-bond donors (Lipinski definition) is 1. The Morgan fingerprint density at radius 3 is 2.00 bits per heavy atom. The first kappa shape index (κ1) is 15.2. The van der Waals surface area contributed by atoms with Gasteiger partial charge in [-0.05, 0) is 24.8 Å². The molecule has 1 rings (SSSR count). The normalized spacial score (nSPS) is 11.6. The first-order valence-corrected chi connectivity index (χ1v) is 8.18. The number of aryl methyl sites for hydroxylation is 1. The van der Waals surface area contributed by atoms with Crippen LogP contribution in [0.1, 0.15) is 44.1 Å². The summed E-state index contributed by atoms with van der Waals surface area (Å²) in [5.74, 6) is -0.100. The molecule has 1 aromatic rings. The summed E-state index contributed by atoms with van der Waals surface area (Å²) in [6.07, 6.45) is 7.11. The van der Waals surface area contributed by atoms with Gasteiger partial charge in [0.15, 0.2) is 0 Å². The Balaban J connectivity index is 1.93. The van der Waals surface area contributed by atoms with E-state index in [1.807, 2.05) is 6.07 Å². The summed E-state index contributed by atoms with van der Waals surface area (Å²) in [4.78, 5) is 0. The van der Waals surface area contributed by atoms with Crippen molar-refractivity contribution < 1.29 is 13.0 Å². The van der Waals surface area contributed by atoms with Crippen LogP contribution in [0.4, 0.5) is 0 Å². The van der Waals surface area contributed by atoms with E-state index in [1.54, 1.807) is 0 Å². The minimum absolute atomic E-state index is 0.100. The first-order valence-electron chi connectivity index (χ1n) is 6.57. The van der Waals surface area contributed by atoms with Gasteiger partial charge in [-0.3, -0.25) is 4.55 Å². The lowest BCUT2D eigenvalue weighted by Gasteiger charge is -2.02. The van der Waals surface area contributed by atoms with Crippen LogP contribution in [-0.2, 0) is 16.5 Å². The molecule has 0 heterocycles. The van der Waals surface area contributed by atoms with Crippen LogP contribution in [0.5, 0.6) is 0 Å². The van der Waals surface area contributed by atoms with Gasteiger partial charge in [0, 0.05) is 0 Å². The topological polar surface area (TPSA) is 54.4 Å². The van der Waals surface area contributed by atoms with Crippen LogP contribution >= 0.6 is 0 Å². The monoisotopic (exact) mass is 270 g/mol. The molecule has 1 aromatic carbocycles. The quantitative estimate of drug-likeness (QED) is 0.552. The van der Waals surface area contributed by atoms with Crippen LogP contribution in [0.15, 0.2) is 30.3 Å². The molecular weight excluding hydrogens is 248 g/mol. The molecule has 0 bridgehead atoms. The van der Waals surface area contributed by atoms with Crippen molar-refractivity contribution in [3.05, 3.63) is 35.9 Å². The smallest absolute Gasteiger partial charge is 0.264 e. The minimum Gasteiger partial charge on any atom is -0.286 e. The molecule has 0 atom stereocenters. The van der Waals surface area contributed by atoms with Crippen molar-refractivity contribution in [1.82, 2.24) is 0 Å². The van der Waals surface area contributed by atoms with Crippen molar-refractivity contribution in [2.45, 2.75) is 44.9 Å². The maximum Gasteiger partial charge on any atom is 0.264 e. The fourth-order valence-corrected chi connectivity index (χ4v) is 2.53. The molecule has 3 nitrogen and oxygen atoms in total. The second-order valence-corrected chi connectivity index (χ2v) is 6.22. The molecular formula is C14H22O3S. The number of rotatable bonds is 9. The standard InChI is InChI=1S/C14H22O3S/c15-18(16,17)13-9-4-2-1-3-6-10-14-11-7-5-8-12-14/h5,7-8,11-12H,1-4,6,9-10,13H2,(H,15,16,17). The van der Waals surface area contributed by atoms with Crippen LogP contribution in [-0.4, -0.2) is 18.7 Å². The Bertz CT molecular complexity index is 412. The van der Waals surface area contributed by atoms with Gasteiger partial charge in [0.1, 0.15) is 0 Å². The second kappa shape index (κ2) is 8.27. The lowest BCUT2D eigenvalue weighted by atomic mass is 10.1. The minimum atomic E-state index is -3.76. The molecule has 1 N–H and O–H groups in total. The van der Waals surface area contributed by atoms with Crippen LogP contribution in [0.2, 0.25) is 0 Å². The van der Waals surface area contributed by atoms with E-state index in [-0.39, 0.29) is 5.75 Å². The van der Waals surface area contributed by atoms with E-state index in [0.717, 1.165) is 25.7 Å². The molecule has 0 aliphatic carbocycles. The fraction of sp³-hybridized carbons (Fsp3) is 0.571. The Labute approximate surface area is 110 Å². The predicted octanol–water partition coefficient (Wildman–Crippen LogP) is 3.46. The van der Waals surface area contributed by atoms with Gasteiger partial charge in [0.25, 0.3) is 10.1 Å². The molecule has 0 amide bonds. The summed E-state index contributed by atoms with van der Waals surface area (Å²) in [6, 6.07) is 10.4. The average molecular weight is 270 g/mol. The Morgan fingerprint density at radius 1 is 0.833 bits per heavy atom. The van der Waals surface area contributed by atoms with Gasteiger partial charge in [-0.15, -0.1) is 0 Å². The molecule has 0 aliphatic rings. The molecule has 0 aliphatic heterocycles. The molecule has 0 saturated carbocycles. The molecule has 0 saturated heterocycles. The highest BCUT2D eigenvalue weighted by Crippen LogP contribution is 2.10. The largest absolute Gasteiger partial charge is 0.286 e. The third-order valence-electron chi connectivity index (χ3n) is 2.96. The van der Waals surface area contributed by atoms with Gasteiger partial charge in [0.05, 0.1) is 5.75 Å². The maximum absolute atomic E-state index is 10.5. The number of hydrogen-bond acceptors (Lipinski definition) is 2. The zero-order chi connectivity index (χ0) is 13.3. The predicted molar refractivity (Wildman–Crippen MR) is 74.3 cm³/mol. The molecule has 102 valence electrons. The number of benzene rings is 1. The first-order chi connectivity index (χ1) is 8.58. The van der Waals surface area contributed by atoms with E-state index >= 15 is 0 Å². The third kappa shape index (κ3) is 8.25. The second-order valence-electron chi connectivity index (χ2n) is 4.64. The lowest BCUT2D eigenvalue weighted by molar-refractivity contribution is 0.478. The van der Waals surface area contributed by atoms with E-state index in [2.05, 4.69) is 24.3 Å². The van der Waals surface area contributed by atoms with Crippen LogP contribution in [0.3, 0.4) is 0 Å². The summed E-state index contributed by atoms with van der Waals surface area (Å²) in [6.45, 7) is 0. The molecule has 0 unspecified atom stereocenters. The highest BCUT2D eigenvalue weighted by Gasteiger charge is 2.02. The van der Waals surface area contributed by atoms with Gasteiger partial charge in [-0.25, -0.2) is 0 Å². The Kier molecular flexibility index (Phi) is 6.98. The van der Waals surface area contributed by atoms with Crippen LogP contribution < -0.4 is 0 Å². The van der Waals surface area contributed by atoms with Crippen molar-refractivity contribution in [2.24, 2.45) is 0 Å². The summed E-state index contributed by atoms with van der Waals surface area (Å²) in [5.41, 5.74) is 1.38. The van der Waals surface area contributed by atoms with E-state index in [1.165, 1.54) is 18.4 Å². The van der Waals surface area contributed by atoms with Gasteiger partial charge in [-0.2, -0.15) is 8.42 Å². The SMILES string of the molecule is O=S(=O)(O)CCCCCCCCc1ccccc1. The maximum atomic E-state index is 10.5. The Morgan fingerprint density at radius 2 is 1.39 bits per heavy atom. The van der Waals surface area contributed by atoms with Gasteiger partial charge < -0.3 is 0 Å². The van der Waals surface area contributed by atoms with E-state index in [4.69, 9.17) is 4.55 Å². The molecule has 0 aromatic heterocycles. The number of unbranched alkanes of at least 4 members (excludes halogenated alkanes) is 5. The van der Waals surface area contributed by atoms with Gasteiger partial charge in [-0.1, -0.05) is 56.0 Å². The third-order valence-corrected chi connectivity index (χ3v) is 3.77. The highest BCUT2D eigenvalue weighted by atomic mass is 32.2. The summed E-state index contributed by atoms with van der Waals surface area (Å²) in [7, 11) is -3.76. The van der Waals surface area contributed by atoms with Crippen molar-refractivity contribution in [3.63, 3.8) is 0 Å². The summed E-state index contributed by atoms with van der Waals surface area (Å²) < 4.78 is 29.5. The van der Waals surface area contributed by atoms with Crippen LogP contribution in [0, 0.1) is 0 Å². The van der Waals surface area contributed by atoms with Crippen molar-refractivity contribution in [1.29, 1.82) is 0 Å². The molecule has 0 radical (unpaired) electrons. The van der Waals surface area contributed by atoms with Crippen molar-refractivity contribution in [3.8, 4) is 0 Å². The van der Waals surface area contributed by atoms with E-state index in [9.17, 15) is 8.42 Å². The average Bonchev–Trinajstić information content (AvgIpc) is 2.32. The lowest BCUT2D eigenvalue weighted by Crippen LogP contribution is -2.03. The van der Waals surface area contributed by atoms with Crippen molar-refractivity contribution in [2.75, 3.05) is 5.75 Å². The zero-order valence-corrected chi connectivity index (χ0v) is 11.5. The van der Waals surface area contributed by atoms with Gasteiger partial charge >= 0.3 is 0 Å². The molecule has 0 spiro atoms. The molecule has 18 heavy (non-hydrogen) atoms. The molecule has 0 fully saturated rings. The zero-order valence-electron chi connectivity index (χ0n) is 10.7. The van der Waals surface area contributed by atoms with E-state index in [0.29, 0.717) is 6.42 Å². The van der Waals surface area contributed by atoms with Crippen molar-refractivity contribution >= 4 is 10.1 Å². The van der Waals surface area contributed by atoms with Gasteiger partial charge in [0.2, 0.25) is 0 Å². The summed E-state index contributed by atoms with van der Waals surface area (Å²) >= 11 is 0. The molecule has 4 heteroatoms. The highest BCUT2D eigenvalue weighted by molar-refractivity contribution is 7.85. The van der Waals surface area contributed by atoms with E-state index < -0.39 is 10.1 Å². The summed E-state index contributed by atoms with van der Waals surface area (Å²) in [5, 5.41) is 0. The van der Waals surface area contributed by atoms with Crippen LogP contribution in [0.25, 0.3) is 0 Å².